The van der Waals surface area contributed by atoms with Crippen molar-refractivity contribution in [3.05, 3.63) is 46.8 Å². The number of para-hydroxylation sites is 1. The minimum atomic E-state index is 0.152. The number of likely N-dealkylation sites (tertiary alicyclic amines) is 1. The van der Waals surface area contributed by atoms with Crippen molar-refractivity contribution >= 4 is 5.91 Å². The van der Waals surface area contributed by atoms with Gasteiger partial charge in [-0.25, -0.2) is 4.68 Å². The van der Waals surface area contributed by atoms with Crippen LogP contribution in [-0.2, 0) is 6.42 Å². The summed E-state index contributed by atoms with van der Waals surface area (Å²) in [5.41, 5.74) is 4.89. The fourth-order valence-corrected chi connectivity index (χ4v) is 3.44. The highest BCUT2D eigenvalue weighted by Gasteiger charge is 2.26. The fourth-order valence-electron chi connectivity index (χ4n) is 3.44. The van der Waals surface area contributed by atoms with E-state index in [1.54, 1.807) is 0 Å². The summed E-state index contributed by atoms with van der Waals surface area (Å²) in [6.07, 6.45) is 4.24. The molecule has 4 heteroatoms. The van der Waals surface area contributed by atoms with Crippen molar-refractivity contribution in [3.63, 3.8) is 0 Å². The number of piperidine rings is 1. The van der Waals surface area contributed by atoms with Crippen LogP contribution in [0, 0.1) is 13.8 Å². The third kappa shape index (κ3) is 2.90. The van der Waals surface area contributed by atoms with Crippen LogP contribution in [0.5, 0.6) is 0 Å². The predicted molar refractivity (Wildman–Crippen MR) is 92.2 cm³/mol. The largest absolute Gasteiger partial charge is 0.339 e. The Bertz CT molecular complexity index is 711. The zero-order valence-corrected chi connectivity index (χ0v) is 14.3. The van der Waals surface area contributed by atoms with Crippen LogP contribution in [0.2, 0.25) is 0 Å². The first-order chi connectivity index (χ1) is 11.1. The first kappa shape index (κ1) is 15.8. The number of amides is 1. The minimum absolute atomic E-state index is 0.152. The van der Waals surface area contributed by atoms with Crippen molar-refractivity contribution in [2.24, 2.45) is 0 Å². The second-order valence-electron chi connectivity index (χ2n) is 6.31. The minimum Gasteiger partial charge on any atom is -0.339 e. The number of hydrogen-bond acceptors (Lipinski definition) is 2. The molecular weight excluding hydrogens is 286 g/mol. The quantitative estimate of drug-likeness (QED) is 0.867. The Hall–Kier alpha value is -2.10. The van der Waals surface area contributed by atoms with Crippen molar-refractivity contribution in [1.82, 2.24) is 14.7 Å². The second kappa shape index (κ2) is 6.57. The Morgan fingerprint density at radius 3 is 2.48 bits per heavy atom. The Morgan fingerprint density at radius 1 is 1.13 bits per heavy atom. The van der Waals surface area contributed by atoms with Gasteiger partial charge in [0.05, 0.1) is 22.6 Å². The number of nitrogens with zero attached hydrogens (tertiary/aromatic N) is 3. The standard InChI is InChI=1S/C19H25N3O/c1-4-16-18(19(23)21-12-8-5-9-13-21)15(3)20-22(16)17-11-7-6-10-14(17)2/h6-7,10-11H,4-5,8-9,12-13H2,1-3H3. The first-order valence-corrected chi connectivity index (χ1v) is 8.57. The van der Waals surface area contributed by atoms with E-state index in [4.69, 9.17) is 5.10 Å². The van der Waals surface area contributed by atoms with E-state index in [0.717, 1.165) is 55.0 Å². The third-order valence-electron chi connectivity index (χ3n) is 4.69. The lowest BCUT2D eigenvalue weighted by Crippen LogP contribution is -2.36. The molecule has 0 atom stereocenters. The van der Waals surface area contributed by atoms with Crippen molar-refractivity contribution in [2.75, 3.05) is 13.1 Å². The summed E-state index contributed by atoms with van der Waals surface area (Å²) in [7, 11) is 0. The Morgan fingerprint density at radius 2 is 1.83 bits per heavy atom. The molecule has 1 fully saturated rings. The number of aromatic nitrogens is 2. The van der Waals surface area contributed by atoms with Gasteiger partial charge in [-0.1, -0.05) is 25.1 Å². The van der Waals surface area contributed by atoms with Crippen LogP contribution in [0.3, 0.4) is 0 Å². The molecule has 0 aliphatic carbocycles. The Kier molecular flexibility index (Phi) is 4.51. The molecule has 1 aliphatic heterocycles. The molecule has 3 rings (SSSR count). The van der Waals surface area contributed by atoms with Crippen LogP contribution in [-0.4, -0.2) is 33.7 Å². The molecule has 1 aromatic carbocycles. The third-order valence-corrected chi connectivity index (χ3v) is 4.69. The van der Waals surface area contributed by atoms with Crippen molar-refractivity contribution in [2.45, 2.75) is 46.5 Å². The number of aryl methyl sites for hydroxylation is 2. The number of rotatable bonds is 3. The average Bonchev–Trinajstić information content (AvgIpc) is 2.91. The zero-order valence-electron chi connectivity index (χ0n) is 14.3. The maximum Gasteiger partial charge on any atom is 0.257 e. The highest BCUT2D eigenvalue weighted by atomic mass is 16.2. The number of carbonyl (C=O) groups is 1. The zero-order chi connectivity index (χ0) is 16.4. The van der Waals surface area contributed by atoms with Gasteiger partial charge >= 0.3 is 0 Å². The van der Waals surface area contributed by atoms with Gasteiger partial charge in [-0.2, -0.15) is 5.10 Å². The van der Waals surface area contributed by atoms with Gasteiger partial charge in [0.2, 0.25) is 0 Å². The molecule has 0 saturated carbocycles. The molecule has 2 aromatic rings. The average molecular weight is 311 g/mol. The Balaban J connectivity index is 2.05. The molecule has 0 bridgehead atoms. The van der Waals surface area contributed by atoms with Crippen molar-refractivity contribution in [1.29, 1.82) is 0 Å². The van der Waals surface area contributed by atoms with E-state index in [1.165, 1.54) is 12.0 Å². The number of benzene rings is 1. The lowest BCUT2D eigenvalue weighted by Gasteiger charge is -2.27. The summed E-state index contributed by atoms with van der Waals surface area (Å²) in [6.45, 7) is 7.87. The van der Waals surface area contributed by atoms with Crippen LogP contribution in [0.15, 0.2) is 24.3 Å². The van der Waals surface area contributed by atoms with Crippen LogP contribution >= 0.6 is 0 Å². The topological polar surface area (TPSA) is 38.1 Å². The molecule has 1 amide bonds. The van der Waals surface area contributed by atoms with Gasteiger partial charge < -0.3 is 4.90 Å². The van der Waals surface area contributed by atoms with Gasteiger partial charge in [-0.15, -0.1) is 0 Å². The van der Waals surface area contributed by atoms with Gasteiger partial charge in [-0.05, 0) is 51.2 Å². The van der Waals surface area contributed by atoms with E-state index in [9.17, 15) is 4.79 Å². The molecule has 0 unspecified atom stereocenters. The van der Waals surface area contributed by atoms with Crippen molar-refractivity contribution < 1.29 is 4.79 Å². The van der Waals surface area contributed by atoms with E-state index in [2.05, 4.69) is 26.0 Å². The highest BCUT2D eigenvalue weighted by molar-refractivity contribution is 5.96. The predicted octanol–water partition coefficient (Wildman–Crippen LogP) is 3.68. The molecule has 0 radical (unpaired) electrons. The molecule has 4 nitrogen and oxygen atoms in total. The normalized spacial score (nSPS) is 15.0. The number of carbonyl (C=O) groups excluding carboxylic acids is 1. The number of hydrogen-bond donors (Lipinski definition) is 0. The van der Waals surface area contributed by atoms with E-state index in [0.29, 0.717) is 0 Å². The monoisotopic (exact) mass is 311 g/mol. The lowest BCUT2D eigenvalue weighted by atomic mass is 10.1. The molecule has 1 aliphatic rings. The lowest BCUT2D eigenvalue weighted by molar-refractivity contribution is 0.0722. The summed E-state index contributed by atoms with van der Waals surface area (Å²) < 4.78 is 1.96. The van der Waals surface area contributed by atoms with Gasteiger partial charge in [0, 0.05) is 13.1 Å². The SMILES string of the molecule is CCc1c(C(=O)N2CCCCC2)c(C)nn1-c1ccccc1C. The summed E-state index contributed by atoms with van der Waals surface area (Å²) in [6, 6.07) is 8.19. The van der Waals surface area contributed by atoms with E-state index < -0.39 is 0 Å². The molecular formula is C19H25N3O. The summed E-state index contributed by atoms with van der Waals surface area (Å²) in [5, 5.41) is 4.70. The fraction of sp³-hybridized carbons (Fsp3) is 0.474. The van der Waals surface area contributed by atoms with Crippen LogP contribution in [0.1, 0.15) is 53.5 Å². The molecule has 2 heterocycles. The molecule has 1 aromatic heterocycles. The van der Waals surface area contributed by atoms with Gasteiger partial charge in [0.15, 0.2) is 0 Å². The summed E-state index contributed by atoms with van der Waals surface area (Å²) >= 11 is 0. The smallest absolute Gasteiger partial charge is 0.257 e. The second-order valence-corrected chi connectivity index (χ2v) is 6.31. The van der Waals surface area contributed by atoms with Gasteiger partial charge in [0.25, 0.3) is 5.91 Å². The summed E-state index contributed by atoms with van der Waals surface area (Å²) in [5.74, 6) is 0.152. The van der Waals surface area contributed by atoms with Crippen LogP contribution < -0.4 is 0 Å². The maximum absolute atomic E-state index is 13.0. The van der Waals surface area contributed by atoms with Crippen LogP contribution in [0.25, 0.3) is 5.69 Å². The molecule has 0 N–H and O–H groups in total. The Labute approximate surface area is 138 Å². The summed E-state index contributed by atoms with van der Waals surface area (Å²) in [4.78, 5) is 15.0. The van der Waals surface area contributed by atoms with E-state index in [1.807, 2.05) is 28.6 Å². The maximum atomic E-state index is 13.0. The van der Waals surface area contributed by atoms with Gasteiger partial charge in [0.1, 0.15) is 0 Å². The first-order valence-electron chi connectivity index (χ1n) is 8.57. The molecule has 0 spiro atoms. The van der Waals surface area contributed by atoms with Crippen LogP contribution in [0.4, 0.5) is 0 Å². The van der Waals surface area contributed by atoms with E-state index >= 15 is 0 Å². The van der Waals surface area contributed by atoms with Crippen molar-refractivity contribution in [3.8, 4) is 5.69 Å². The molecule has 23 heavy (non-hydrogen) atoms. The molecule has 122 valence electrons. The molecule has 1 saturated heterocycles. The highest BCUT2D eigenvalue weighted by Crippen LogP contribution is 2.24. The van der Waals surface area contributed by atoms with Gasteiger partial charge in [-0.3, -0.25) is 4.79 Å². The van der Waals surface area contributed by atoms with E-state index in [-0.39, 0.29) is 5.91 Å².